The van der Waals surface area contributed by atoms with Crippen molar-refractivity contribution in [2.45, 2.75) is 143 Å². The molecule has 0 N–H and O–H groups in total. The van der Waals surface area contributed by atoms with E-state index in [-0.39, 0.29) is 0 Å². The molecule has 0 heterocycles. The molecule has 0 amide bonds. The van der Waals surface area contributed by atoms with Crippen molar-refractivity contribution in [3.05, 3.63) is 35.9 Å². The number of hydrogen-bond acceptors (Lipinski definition) is 0. The molecule has 0 atom stereocenters. The minimum absolute atomic E-state index is 1.11. The van der Waals surface area contributed by atoms with Gasteiger partial charge in [-0.2, -0.15) is 0 Å². The van der Waals surface area contributed by atoms with Crippen molar-refractivity contribution in [1.29, 1.82) is 0 Å². The molecule has 0 spiro atoms. The Labute approximate surface area is 190 Å². The molecule has 0 nitrogen and oxygen atoms in total. The maximum atomic E-state index is 2.29. The van der Waals surface area contributed by atoms with E-state index in [9.17, 15) is 0 Å². The van der Waals surface area contributed by atoms with Gasteiger partial charge < -0.3 is 0 Å². The smallest absolute Gasteiger partial charge is 0.0279 e. The lowest BCUT2D eigenvalue weighted by Gasteiger charge is -2.20. The summed E-state index contributed by atoms with van der Waals surface area (Å²) in [7, 11) is 0. The molecule has 174 valence electrons. The van der Waals surface area contributed by atoms with Crippen LogP contribution in [0.3, 0.4) is 0 Å². The number of unbranched alkanes of at least 4 members (excludes halogenated alkanes) is 4. The Balaban J connectivity index is 0.000000225. The summed E-state index contributed by atoms with van der Waals surface area (Å²) in [5.74, 6) is 2.22. The highest BCUT2D eigenvalue weighted by Crippen LogP contribution is 2.29. The fraction of sp³-hybridized carbons (Fsp3) is 0.800. The Kier molecular flexibility index (Phi) is 18.3. The van der Waals surface area contributed by atoms with Crippen LogP contribution in [0.2, 0.25) is 0 Å². The highest BCUT2D eigenvalue weighted by atomic mass is 14.2. The number of aryl methyl sites for hydroxylation is 1. The van der Waals surface area contributed by atoms with E-state index in [2.05, 4.69) is 51.1 Å². The summed E-state index contributed by atoms with van der Waals surface area (Å²) in [5, 5.41) is 0. The normalized spacial score (nSPS) is 17.0. The Bertz CT molecular complexity index is 436. The SMILES string of the molecule is CCCCC1CCCCC1.CCCCCC1CCCC1.CCCCc1ccccc1. The van der Waals surface area contributed by atoms with E-state index in [4.69, 9.17) is 0 Å². The Morgan fingerprint density at radius 2 is 1.07 bits per heavy atom. The topological polar surface area (TPSA) is 0 Å². The summed E-state index contributed by atoms with van der Waals surface area (Å²) in [5.41, 5.74) is 1.46. The van der Waals surface area contributed by atoms with Gasteiger partial charge >= 0.3 is 0 Å². The molecule has 2 aliphatic rings. The van der Waals surface area contributed by atoms with Crippen LogP contribution < -0.4 is 0 Å². The van der Waals surface area contributed by atoms with E-state index in [0.717, 1.165) is 11.8 Å². The Morgan fingerprint density at radius 1 is 0.567 bits per heavy atom. The van der Waals surface area contributed by atoms with Crippen LogP contribution in [0, 0.1) is 11.8 Å². The zero-order valence-corrected chi connectivity index (χ0v) is 21.0. The highest BCUT2D eigenvalue weighted by Gasteiger charge is 2.13. The fourth-order valence-corrected chi connectivity index (χ4v) is 4.98. The molecule has 0 aliphatic heterocycles. The Morgan fingerprint density at radius 3 is 1.60 bits per heavy atom. The number of hydrogen-bond donors (Lipinski definition) is 0. The number of benzene rings is 1. The molecule has 0 aromatic heterocycles. The predicted octanol–water partition coefficient (Wildman–Crippen LogP) is 10.5. The quantitative estimate of drug-likeness (QED) is 0.334. The molecule has 2 saturated carbocycles. The maximum absolute atomic E-state index is 2.29. The maximum Gasteiger partial charge on any atom is -0.0279 e. The second kappa shape index (κ2) is 20.1. The highest BCUT2D eigenvalue weighted by molar-refractivity contribution is 5.14. The first kappa shape index (κ1) is 27.3. The van der Waals surface area contributed by atoms with Crippen molar-refractivity contribution < 1.29 is 0 Å². The van der Waals surface area contributed by atoms with Gasteiger partial charge in [0.15, 0.2) is 0 Å². The monoisotopic (exact) mass is 414 g/mol. The van der Waals surface area contributed by atoms with E-state index in [1.165, 1.54) is 128 Å². The standard InChI is InChI=1S/C10H20.C10H14.C10H20/c2*1-2-3-7-10-8-5-4-6-9-10;1-2-3-4-7-10-8-5-6-9-10/h10H,2-9H2,1H3;4-6,8-9H,2-3,7H2,1H3;10H,2-9H2,1H3. The van der Waals surface area contributed by atoms with Crippen molar-refractivity contribution in [3.63, 3.8) is 0 Å². The summed E-state index contributed by atoms with van der Waals surface area (Å²) in [6.45, 7) is 6.81. The summed E-state index contributed by atoms with van der Waals surface area (Å²) >= 11 is 0. The zero-order valence-electron chi connectivity index (χ0n) is 21.0. The van der Waals surface area contributed by atoms with Crippen molar-refractivity contribution in [1.82, 2.24) is 0 Å². The molecule has 2 aliphatic carbocycles. The minimum atomic E-state index is 1.11. The van der Waals surface area contributed by atoms with Crippen LogP contribution in [0.15, 0.2) is 30.3 Å². The summed E-state index contributed by atoms with van der Waals surface area (Å²) in [6, 6.07) is 10.6. The van der Waals surface area contributed by atoms with E-state index in [1.807, 2.05) is 0 Å². The van der Waals surface area contributed by atoms with Crippen LogP contribution >= 0.6 is 0 Å². The summed E-state index contributed by atoms with van der Waals surface area (Å²) in [6.07, 6.45) is 27.7. The lowest BCUT2D eigenvalue weighted by atomic mass is 9.86. The second-order valence-corrected chi connectivity index (χ2v) is 9.88. The summed E-state index contributed by atoms with van der Waals surface area (Å²) in [4.78, 5) is 0. The van der Waals surface area contributed by atoms with Gasteiger partial charge in [0.05, 0.1) is 0 Å². The van der Waals surface area contributed by atoms with E-state index >= 15 is 0 Å². The van der Waals surface area contributed by atoms with Crippen LogP contribution in [0.25, 0.3) is 0 Å². The summed E-state index contributed by atoms with van der Waals surface area (Å²) < 4.78 is 0. The average molecular weight is 415 g/mol. The molecule has 1 aromatic rings. The molecule has 0 saturated heterocycles. The predicted molar refractivity (Wildman–Crippen MR) is 137 cm³/mol. The lowest BCUT2D eigenvalue weighted by Crippen LogP contribution is -2.05. The molecule has 0 unspecified atom stereocenters. The van der Waals surface area contributed by atoms with Gasteiger partial charge in [-0.05, 0) is 30.2 Å². The van der Waals surface area contributed by atoms with Crippen molar-refractivity contribution in [2.75, 3.05) is 0 Å². The molecular formula is C30H54. The third-order valence-corrected chi connectivity index (χ3v) is 7.04. The van der Waals surface area contributed by atoms with Gasteiger partial charge in [-0.3, -0.25) is 0 Å². The van der Waals surface area contributed by atoms with Gasteiger partial charge in [0.2, 0.25) is 0 Å². The molecule has 3 rings (SSSR count). The van der Waals surface area contributed by atoms with Crippen molar-refractivity contribution in [2.24, 2.45) is 11.8 Å². The molecule has 0 radical (unpaired) electrons. The first-order valence-corrected chi connectivity index (χ1v) is 13.8. The molecule has 30 heavy (non-hydrogen) atoms. The van der Waals surface area contributed by atoms with Crippen molar-refractivity contribution >= 4 is 0 Å². The number of rotatable bonds is 10. The van der Waals surface area contributed by atoms with Gasteiger partial charge in [-0.25, -0.2) is 0 Å². The fourth-order valence-electron chi connectivity index (χ4n) is 4.98. The average Bonchev–Trinajstić information content (AvgIpc) is 3.32. The van der Waals surface area contributed by atoms with Gasteiger partial charge in [0.1, 0.15) is 0 Å². The Hall–Kier alpha value is -0.780. The van der Waals surface area contributed by atoms with Crippen LogP contribution in [0.5, 0.6) is 0 Å². The van der Waals surface area contributed by atoms with Gasteiger partial charge in [-0.15, -0.1) is 0 Å². The molecule has 0 bridgehead atoms. The molecule has 2 fully saturated rings. The van der Waals surface area contributed by atoms with Crippen LogP contribution in [0.1, 0.15) is 142 Å². The third-order valence-electron chi connectivity index (χ3n) is 7.04. The zero-order chi connectivity index (χ0) is 21.7. The van der Waals surface area contributed by atoms with Crippen LogP contribution in [-0.4, -0.2) is 0 Å². The molecule has 1 aromatic carbocycles. The third kappa shape index (κ3) is 15.1. The van der Waals surface area contributed by atoms with Crippen molar-refractivity contribution in [3.8, 4) is 0 Å². The van der Waals surface area contributed by atoms with E-state index < -0.39 is 0 Å². The second-order valence-electron chi connectivity index (χ2n) is 9.88. The van der Waals surface area contributed by atoms with Gasteiger partial charge in [0.25, 0.3) is 0 Å². The first-order valence-electron chi connectivity index (χ1n) is 13.8. The lowest BCUT2D eigenvalue weighted by molar-refractivity contribution is 0.331. The minimum Gasteiger partial charge on any atom is -0.0654 e. The van der Waals surface area contributed by atoms with E-state index in [1.54, 1.807) is 0 Å². The van der Waals surface area contributed by atoms with Crippen LogP contribution in [0.4, 0.5) is 0 Å². The largest absolute Gasteiger partial charge is 0.0654 e. The van der Waals surface area contributed by atoms with Gasteiger partial charge in [-0.1, -0.05) is 160 Å². The molecule has 0 heteroatoms. The van der Waals surface area contributed by atoms with E-state index in [0.29, 0.717) is 0 Å². The van der Waals surface area contributed by atoms with Crippen LogP contribution in [-0.2, 0) is 6.42 Å². The molecular weight excluding hydrogens is 360 g/mol. The first-order chi connectivity index (χ1) is 14.8. The van der Waals surface area contributed by atoms with Gasteiger partial charge in [0, 0.05) is 0 Å².